The molecule has 0 spiro atoms. The summed E-state index contributed by atoms with van der Waals surface area (Å²) in [5, 5.41) is 3.07. The average Bonchev–Trinajstić information content (AvgIpc) is 2.40. The number of rotatable bonds is 4. The van der Waals surface area contributed by atoms with Crippen molar-refractivity contribution in [2.24, 2.45) is 0 Å². The summed E-state index contributed by atoms with van der Waals surface area (Å²) in [4.78, 5) is 0. The molecule has 1 unspecified atom stereocenters. The zero-order valence-corrected chi connectivity index (χ0v) is 10.5. The van der Waals surface area contributed by atoms with Gasteiger partial charge in [-0.25, -0.2) is 13.2 Å². The smallest absolute Gasteiger partial charge is 0.160 e. The molecule has 1 N–H and O–H groups in total. The highest BCUT2D eigenvalue weighted by Crippen LogP contribution is 2.24. The third-order valence-corrected chi connectivity index (χ3v) is 2.92. The number of anilines is 1. The van der Waals surface area contributed by atoms with Crippen LogP contribution in [0.3, 0.4) is 0 Å². The lowest BCUT2D eigenvalue weighted by Crippen LogP contribution is -2.10. The fourth-order valence-electron chi connectivity index (χ4n) is 1.93. The van der Waals surface area contributed by atoms with Crippen LogP contribution in [0, 0.1) is 17.5 Å². The summed E-state index contributed by atoms with van der Waals surface area (Å²) in [7, 11) is 0. The lowest BCUT2D eigenvalue weighted by Gasteiger charge is -2.19. The van der Waals surface area contributed by atoms with Crippen molar-refractivity contribution < 1.29 is 13.2 Å². The van der Waals surface area contributed by atoms with Crippen molar-refractivity contribution >= 4 is 5.69 Å². The summed E-state index contributed by atoms with van der Waals surface area (Å²) < 4.78 is 39.1. The van der Waals surface area contributed by atoms with Gasteiger partial charge in [0.05, 0.1) is 6.04 Å². The van der Waals surface area contributed by atoms with Crippen LogP contribution in [0.15, 0.2) is 42.5 Å². The van der Waals surface area contributed by atoms with Gasteiger partial charge in [-0.1, -0.05) is 19.1 Å². The highest BCUT2D eigenvalue weighted by Gasteiger charge is 2.11. The summed E-state index contributed by atoms with van der Waals surface area (Å²) >= 11 is 0. The Hall–Kier alpha value is -1.97. The largest absolute Gasteiger partial charge is 0.378 e. The predicted molar refractivity (Wildman–Crippen MR) is 69.4 cm³/mol. The predicted octanol–water partition coefficient (Wildman–Crippen LogP) is 4.67. The van der Waals surface area contributed by atoms with Crippen molar-refractivity contribution in [2.75, 3.05) is 5.32 Å². The Bertz CT molecular complexity index is 569. The second-order valence-corrected chi connectivity index (χ2v) is 4.29. The lowest BCUT2D eigenvalue weighted by atomic mass is 10.0. The van der Waals surface area contributed by atoms with Gasteiger partial charge in [-0.2, -0.15) is 0 Å². The topological polar surface area (TPSA) is 12.0 Å². The van der Waals surface area contributed by atoms with Gasteiger partial charge in [-0.05, 0) is 36.2 Å². The van der Waals surface area contributed by atoms with Gasteiger partial charge in [0.1, 0.15) is 5.82 Å². The van der Waals surface area contributed by atoms with E-state index in [-0.39, 0.29) is 11.9 Å². The molecule has 1 nitrogen and oxygen atoms in total. The lowest BCUT2D eigenvalue weighted by molar-refractivity contribution is 0.509. The summed E-state index contributed by atoms with van der Waals surface area (Å²) in [6, 6.07) is 9.69. The number of hydrogen-bond acceptors (Lipinski definition) is 1. The van der Waals surface area contributed by atoms with Crippen molar-refractivity contribution in [1.29, 1.82) is 0 Å². The van der Waals surface area contributed by atoms with Gasteiger partial charge in [-0.15, -0.1) is 0 Å². The standard InChI is InChI=1S/C15H14F3N/c1-2-15(10-4-3-5-11(16)8-10)19-12-6-7-13(17)14(18)9-12/h3-9,15,19H,2H2,1H3. The molecule has 0 aliphatic carbocycles. The van der Waals surface area contributed by atoms with Crippen LogP contribution in [0.2, 0.25) is 0 Å². The fourth-order valence-corrected chi connectivity index (χ4v) is 1.93. The quantitative estimate of drug-likeness (QED) is 0.847. The minimum atomic E-state index is -0.904. The van der Waals surface area contributed by atoms with Crippen LogP contribution in [0.4, 0.5) is 18.9 Å². The molecule has 4 heteroatoms. The monoisotopic (exact) mass is 265 g/mol. The molecule has 0 saturated carbocycles. The molecule has 0 saturated heterocycles. The maximum absolute atomic E-state index is 13.2. The van der Waals surface area contributed by atoms with E-state index in [0.29, 0.717) is 12.1 Å². The molecule has 0 bridgehead atoms. The second-order valence-electron chi connectivity index (χ2n) is 4.29. The maximum atomic E-state index is 13.2. The van der Waals surface area contributed by atoms with E-state index in [9.17, 15) is 13.2 Å². The SMILES string of the molecule is CCC(Nc1ccc(F)c(F)c1)c1cccc(F)c1. The van der Waals surface area contributed by atoms with Crippen molar-refractivity contribution in [3.05, 3.63) is 65.5 Å². The van der Waals surface area contributed by atoms with Crippen LogP contribution in [-0.2, 0) is 0 Å². The molecule has 0 heterocycles. The Labute approximate surface area is 110 Å². The Morgan fingerprint density at radius 3 is 2.42 bits per heavy atom. The van der Waals surface area contributed by atoms with Crippen LogP contribution in [0.1, 0.15) is 24.9 Å². The van der Waals surface area contributed by atoms with Gasteiger partial charge in [0.15, 0.2) is 11.6 Å². The normalized spacial score (nSPS) is 12.2. The van der Waals surface area contributed by atoms with Crippen molar-refractivity contribution in [3.8, 4) is 0 Å². The molecular weight excluding hydrogens is 251 g/mol. The molecule has 0 radical (unpaired) electrons. The molecule has 19 heavy (non-hydrogen) atoms. The van der Waals surface area contributed by atoms with Crippen LogP contribution >= 0.6 is 0 Å². The van der Waals surface area contributed by atoms with E-state index in [1.54, 1.807) is 12.1 Å². The number of hydrogen-bond donors (Lipinski definition) is 1. The minimum absolute atomic E-state index is 0.152. The van der Waals surface area contributed by atoms with Crippen molar-refractivity contribution in [2.45, 2.75) is 19.4 Å². The minimum Gasteiger partial charge on any atom is -0.378 e. The number of benzene rings is 2. The summed E-state index contributed by atoms with van der Waals surface area (Å²) in [5.74, 6) is -2.11. The molecule has 0 amide bonds. The summed E-state index contributed by atoms with van der Waals surface area (Å²) in [6.07, 6.45) is 0.697. The third kappa shape index (κ3) is 3.28. The molecule has 0 fully saturated rings. The molecule has 2 aromatic rings. The molecule has 0 aliphatic heterocycles. The van der Waals surface area contributed by atoms with E-state index in [1.165, 1.54) is 18.2 Å². The van der Waals surface area contributed by atoms with Gasteiger partial charge >= 0.3 is 0 Å². The van der Waals surface area contributed by atoms with Crippen LogP contribution in [-0.4, -0.2) is 0 Å². The van der Waals surface area contributed by atoms with Gasteiger partial charge in [0, 0.05) is 11.8 Å². The van der Waals surface area contributed by atoms with Gasteiger partial charge in [0.2, 0.25) is 0 Å². The first-order chi connectivity index (χ1) is 9.10. The van der Waals surface area contributed by atoms with Gasteiger partial charge < -0.3 is 5.32 Å². The van der Waals surface area contributed by atoms with Crippen molar-refractivity contribution in [3.63, 3.8) is 0 Å². The van der Waals surface area contributed by atoms with E-state index >= 15 is 0 Å². The zero-order valence-electron chi connectivity index (χ0n) is 10.5. The Balaban J connectivity index is 2.21. The second kappa shape index (κ2) is 5.78. The van der Waals surface area contributed by atoms with Gasteiger partial charge in [0.25, 0.3) is 0 Å². The molecule has 0 aromatic heterocycles. The zero-order chi connectivity index (χ0) is 13.8. The van der Waals surface area contributed by atoms with Crippen LogP contribution in [0.25, 0.3) is 0 Å². The summed E-state index contributed by atoms with van der Waals surface area (Å²) in [5.41, 5.74) is 1.24. The Kier molecular flexibility index (Phi) is 4.10. The Morgan fingerprint density at radius 2 is 1.79 bits per heavy atom. The van der Waals surface area contributed by atoms with E-state index in [0.717, 1.165) is 17.7 Å². The van der Waals surface area contributed by atoms with E-state index in [1.807, 2.05) is 6.92 Å². The first kappa shape index (κ1) is 13.5. The van der Waals surface area contributed by atoms with Gasteiger partial charge in [-0.3, -0.25) is 0 Å². The first-order valence-electron chi connectivity index (χ1n) is 6.07. The molecule has 2 aromatic carbocycles. The molecule has 2 rings (SSSR count). The molecule has 1 atom stereocenters. The van der Waals surface area contributed by atoms with E-state index in [4.69, 9.17) is 0 Å². The average molecular weight is 265 g/mol. The molecule has 0 aliphatic rings. The highest BCUT2D eigenvalue weighted by molar-refractivity contribution is 5.46. The summed E-state index contributed by atoms with van der Waals surface area (Å²) in [6.45, 7) is 1.93. The Morgan fingerprint density at radius 1 is 1.00 bits per heavy atom. The van der Waals surface area contributed by atoms with Crippen LogP contribution < -0.4 is 5.32 Å². The van der Waals surface area contributed by atoms with E-state index in [2.05, 4.69) is 5.32 Å². The maximum Gasteiger partial charge on any atom is 0.160 e. The molecular formula is C15H14F3N. The third-order valence-electron chi connectivity index (χ3n) is 2.92. The molecule has 100 valence electrons. The first-order valence-corrected chi connectivity index (χ1v) is 6.07. The number of nitrogens with one attached hydrogen (secondary N) is 1. The van der Waals surface area contributed by atoms with Crippen molar-refractivity contribution in [1.82, 2.24) is 0 Å². The number of halogens is 3. The highest BCUT2D eigenvalue weighted by atomic mass is 19.2. The van der Waals surface area contributed by atoms with E-state index < -0.39 is 11.6 Å². The fraction of sp³-hybridized carbons (Fsp3) is 0.200. The van der Waals surface area contributed by atoms with Crippen LogP contribution in [0.5, 0.6) is 0 Å².